The first kappa shape index (κ1) is 15.9. The van der Waals surface area contributed by atoms with E-state index in [1.165, 1.54) is 11.3 Å². The first-order chi connectivity index (χ1) is 10.8. The van der Waals surface area contributed by atoms with Gasteiger partial charge in [0.25, 0.3) is 0 Å². The number of rotatable bonds is 2. The molecule has 122 valence electrons. The van der Waals surface area contributed by atoms with Crippen LogP contribution in [0.2, 0.25) is 0 Å². The van der Waals surface area contributed by atoms with Crippen molar-refractivity contribution in [2.75, 3.05) is 6.54 Å². The third-order valence-corrected chi connectivity index (χ3v) is 4.74. The van der Waals surface area contributed by atoms with Crippen LogP contribution in [0.4, 0.5) is 4.79 Å². The Hall–Kier alpha value is -1.95. The zero-order chi connectivity index (χ0) is 16.6. The molecule has 6 heteroatoms. The van der Waals surface area contributed by atoms with E-state index in [0.29, 0.717) is 18.0 Å². The van der Waals surface area contributed by atoms with Crippen molar-refractivity contribution >= 4 is 33.4 Å². The van der Waals surface area contributed by atoms with Gasteiger partial charge in [-0.2, -0.15) is 0 Å². The highest BCUT2D eigenvalue weighted by Crippen LogP contribution is 2.28. The van der Waals surface area contributed by atoms with E-state index < -0.39 is 17.7 Å². The van der Waals surface area contributed by atoms with Gasteiger partial charge in [0.15, 0.2) is 5.01 Å². The van der Waals surface area contributed by atoms with Crippen molar-refractivity contribution in [2.24, 2.45) is 0 Å². The van der Waals surface area contributed by atoms with Crippen molar-refractivity contribution in [3.63, 3.8) is 0 Å². The number of aromatic nitrogens is 1. The van der Waals surface area contributed by atoms with Gasteiger partial charge in [0.05, 0.1) is 10.2 Å². The summed E-state index contributed by atoms with van der Waals surface area (Å²) < 4.78 is 6.40. The molecule has 0 unspecified atom stereocenters. The Labute approximate surface area is 139 Å². The van der Waals surface area contributed by atoms with Gasteiger partial charge >= 0.3 is 6.09 Å². The fourth-order valence-corrected chi connectivity index (χ4v) is 3.65. The molecule has 2 heterocycles. The van der Waals surface area contributed by atoms with Crippen LogP contribution in [0.5, 0.6) is 0 Å². The Kier molecular flexibility index (Phi) is 4.10. The standard InChI is InChI=1S/C17H20N2O3S/c1-17(2,3)22-16(21)19-10-6-8-12(19)14(20)15-18-11-7-4-5-9-13(11)23-15/h4-5,7,9,12H,6,8,10H2,1-3H3/t12-/m1/s1. The molecule has 1 aliphatic heterocycles. The van der Waals surface area contributed by atoms with E-state index in [1.54, 1.807) is 4.90 Å². The van der Waals surface area contributed by atoms with Gasteiger partial charge in [0.1, 0.15) is 11.6 Å². The largest absolute Gasteiger partial charge is 0.444 e. The van der Waals surface area contributed by atoms with Gasteiger partial charge in [-0.3, -0.25) is 9.69 Å². The molecule has 0 radical (unpaired) electrons. The van der Waals surface area contributed by atoms with E-state index in [0.717, 1.165) is 16.6 Å². The number of likely N-dealkylation sites (tertiary alicyclic amines) is 1. The van der Waals surface area contributed by atoms with Crippen molar-refractivity contribution in [2.45, 2.75) is 45.3 Å². The smallest absolute Gasteiger partial charge is 0.410 e. The molecule has 2 aromatic rings. The van der Waals surface area contributed by atoms with Crippen LogP contribution in [-0.4, -0.2) is 39.9 Å². The normalized spacial score (nSPS) is 18.4. The minimum absolute atomic E-state index is 0.0884. The van der Waals surface area contributed by atoms with Gasteiger partial charge in [-0.05, 0) is 45.7 Å². The summed E-state index contributed by atoms with van der Waals surface area (Å²) in [5, 5.41) is 0.464. The summed E-state index contributed by atoms with van der Waals surface area (Å²) in [5.74, 6) is -0.0884. The number of benzene rings is 1. The predicted octanol–water partition coefficient (Wildman–Crippen LogP) is 3.88. The molecule has 0 bridgehead atoms. The monoisotopic (exact) mass is 332 g/mol. The van der Waals surface area contributed by atoms with Crippen LogP contribution in [0.25, 0.3) is 10.2 Å². The second kappa shape index (κ2) is 5.92. The summed E-state index contributed by atoms with van der Waals surface area (Å²) in [7, 11) is 0. The summed E-state index contributed by atoms with van der Waals surface area (Å²) in [6.45, 7) is 6.03. The van der Waals surface area contributed by atoms with Gasteiger partial charge in [-0.15, -0.1) is 11.3 Å². The average Bonchev–Trinajstić information content (AvgIpc) is 3.11. The Morgan fingerprint density at radius 2 is 2.04 bits per heavy atom. The number of hydrogen-bond donors (Lipinski definition) is 0. The van der Waals surface area contributed by atoms with Crippen LogP contribution in [0.3, 0.4) is 0 Å². The van der Waals surface area contributed by atoms with E-state index >= 15 is 0 Å². The molecule has 1 aromatic carbocycles. The maximum Gasteiger partial charge on any atom is 0.410 e. The first-order valence-electron chi connectivity index (χ1n) is 7.74. The molecule has 1 saturated heterocycles. The lowest BCUT2D eigenvalue weighted by molar-refractivity contribution is 0.0222. The lowest BCUT2D eigenvalue weighted by atomic mass is 10.1. The molecule has 0 aliphatic carbocycles. The van der Waals surface area contributed by atoms with Gasteiger partial charge in [0.2, 0.25) is 5.78 Å². The van der Waals surface area contributed by atoms with Gasteiger partial charge in [-0.1, -0.05) is 12.1 Å². The number of carbonyl (C=O) groups is 2. The number of amides is 1. The topological polar surface area (TPSA) is 59.5 Å². The maximum atomic E-state index is 12.8. The summed E-state index contributed by atoms with van der Waals surface area (Å²) in [6.07, 6.45) is 1.05. The quantitative estimate of drug-likeness (QED) is 0.783. The van der Waals surface area contributed by atoms with E-state index in [4.69, 9.17) is 4.74 Å². The van der Waals surface area contributed by atoms with E-state index in [1.807, 2.05) is 45.0 Å². The van der Waals surface area contributed by atoms with Crippen LogP contribution in [-0.2, 0) is 4.74 Å². The molecule has 1 aliphatic rings. The lowest BCUT2D eigenvalue weighted by Gasteiger charge is -2.27. The zero-order valence-corrected chi connectivity index (χ0v) is 14.4. The minimum Gasteiger partial charge on any atom is -0.444 e. The lowest BCUT2D eigenvalue weighted by Crippen LogP contribution is -2.43. The fraction of sp³-hybridized carbons (Fsp3) is 0.471. The molecule has 3 rings (SSSR count). The summed E-state index contributed by atoms with van der Waals surface area (Å²) in [6, 6.07) is 7.20. The molecular weight excluding hydrogens is 312 g/mol. The van der Waals surface area contributed by atoms with Gasteiger partial charge < -0.3 is 4.74 Å². The second-order valence-electron chi connectivity index (χ2n) is 6.68. The number of carbonyl (C=O) groups excluding carboxylic acids is 2. The molecule has 0 N–H and O–H groups in total. The molecule has 1 atom stereocenters. The van der Waals surface area contributed by atoms with Gasteiger partial charge in [-0.25, -0.2) is 9.78 Å². The highest BCUT2D eigenvalue weighted by molar-refractivity contribution is 7.20. The van der Waals surface area contributed by atoms with Crippen molar-refractivity contribution in [1.82, 2.24) is 9.88 Å². The number of Topliss-reactive ketones (excluding diaryl/α,β-unsaturated/α-hetero) is 1. The highest BCUT2D eigenvalue weighted by atomic mass is 32.1. The van der Waals surface area contributed by atoms with Crippen molar-refractivity contribution in [1.29, 1.82) is 0 Å². The summed E-state index contributed by atoms with van der Waals surface area (Å²) >= 11 is 1.38. The van der Waals surface area contributed by atoms with Crippen LogP contribution >= 0.6 is 11.3 Å². The van der Waals surface area contributed by atoms with E-state index in [2.05, 4.69) is 4.98 Å². The first-order valence-corrected chi connectivity index (χ1v) is 8.56. The Morgan fingerprint density at radius 3 is 2.74 bits per heavy atom. The number of thiazole rings is 1. The number of ether oxygens (including phenoxy) is 1. The van der Waals surface area contributed by atoms with Crippen LogP contribution in [0, 0.1) is 0 Å². The van der Waals surface area contributed by atoms with Crippen LogP contribution in [0.15, 0.2) is 24.3 Å². The fourth-order valence-electron chi connectivity index (χ4n) is 2.70. The second-order valence-corrected chi connectivity index (χ2v) is 7.71. The molecule has 1 fully saturated rings. The van der Waals surface area contributed by atoms with Crippen LogP contribution < -0.4 is 0 Å². The SMILES string of the molecule is CC(C)(C)OC(=O)N1CCC[C@@H]1C(=O)c1nc2ccccc2s1. The Morgan fingerprint density at radius 1 is 1.30 bits per heavy atom. The minimum atomic E-state index is -0.566. The van der Waals surface area contributed by atoms with Crippen LogP contribution in [0.1, 0.15) is 43.4 Å². The molecule has 1 aromatic heterocycles. The molecule has 0 saturated carbocycles. The summed E-state index contributed by atoms with van der Waals surface area (Å²) in [5.41, 5.74) is 0.256. The number of para-hydroxylation sites is 1. The van der Waals surface area contributed by atoms with E-state index in [-0.39, 0.29) is 5.78 Å². The average molecular weight is 332 g/mol. The number of fused-ring (bicyclic) bond motifs is 1. The molecule has 5 nitrogen and oxygen atoms in total. The number of ketones is 1. The predicted molar refractivity (Wildman–Crippen MR) is 89.9 cm³/mol. The molecule has 1 amide bonds. The maximum absolute atomic E-state index is 12.8. The van der Waals surface area contributed by atoms with Gasteiger partial charge in [0, 0.05) is 6.54 Å². The molecular formula is C17H20N2O3S. The third-order valence-electron chi connectivity index (χ3n) is 3.69. The van der Waals surface area contributed by atoms with Crippen molar-refractivity contribution in [3.05, 3.63) is 29.3 Å². The molecule has 0 spiro atoms. The summed E-state index contributed by atoms with van der Waals surface area (Å²) in [4.78, 5) is 31.1. The Balaban J connectivity index is 1.81. The molecule has 23 heavy (non-hydrogen) atoms. The third kappa shape index (κ3) is 3.37. The number of hydrogen-bond acceptors (Lipinski definition) is 5. The highest BCUT2D eigenvalue weighted by Gasteiger charge is 2.38. The zero-order valence-electron chi connectivity index (χ0n) is 13.5. The van der Waals surface area contributed by atoms with E-state index in [9.17, 15) is 9.59 Å². The number of nitrogens with zero attached hydrogens (tertiary/aromatic N) is 2. The van der Waals surface area contributed by atoms with Crippen molar-refractivity contribution in [3.8, 4) is 0 Å². The Bertz CT molecular complexity index is 715. The van der Waals surface area contributed by atoms with Crippen molar-refractivity contribution < 1.29 is 14.3 Å².